The third kappa shape index (κ3) is 3.50. The smallest absolute Gasteiger partial charge is 0.202 e. The number of hydrogen-bond donors (Lipinski definition) is 0. The zero-order chi connectivity index (χ0) is 17.8. The minimum Gasteiger partial charge on any atom is -0.493 e. The molecule has 0 spiro atoms. The molecule has 2 aromatic carbocycles. The minimum absolute atomic E-state index is 0.0358. The second-order valence-electron chi connectivity index (χ2n) is 4.87. The average Bonchev–Trinajstić information content (AvgIpc) is 2.64. The summed E-state index contributed by atoms with van der Waals surface area (Å²) in [5.41, 5.74) is 0.964. The molecule has 0 unspecified atom stereocenters. The van der Waals surface area contributed by atoms with E-state index in [9.17, 15) is 5.26 Å². The number of nitrogens with zero attached hydrogens (tertiary/aromatic N) is 3. The number of ether oxygens (including phenoxy) is 2. The molecular formula is C18H11Cl2N3O2. The van der Waals surface area contributed by atoms with Crippen LogP contribution in [0.3, 0.4) is 0 Å². The second kappa shape index (κ2) is 7.39. The molecule has 0 aliphatic rings. The average molecular weight is 372 g/mol. The summed E-state index contributed by atoms with van der Waals surface area (Å²) in [5, 5.41) is 9.29. The Kier molecular flexibility index (Phi) is 5.03. The number of benzene rings is 2. The highest BCUT2D eigenvalue weighted by Gasteiger charge is 2.18. The lowest BCUT2D eigenvalue weighted by Crippen LogP contribution is -1.98. The molecule has 0 N–H and O–H groups in total. The van der Waals surface area contributed by atoms with Crippen molar-refractivity contribution in [1.82, 2.24) is 9.97 Å². The van der Waals surface area contributed by atoms with Crippen LogP contribution in [0.5, 0.6) is 17.2 Å². The number of aromatic nitrogens is 2. The summed E-state index contributed by atoms with van der Waals surface area (Å²) >= 11 is 12.5. The molecule has 0 amide bonds. The molecular weight excluding hydrogens is 361 g/mol. The van der Waals surface area contributed by atoms with Crippen molar-refractivity contribution in [3.63, 3.8) is 0 Å². The van der Waals surface area contributed by atoms with Crippen molar-refractivity contribution in [3.8, 4) is 34.7 Å². The first-order chi connectivity index (χ1) is 12.1. The molecule has 124 valence electrons. The number of nitriles is 1. The lowest BCUT2D eigenvalue weighted by Gasteiger charge is -2.12. The fourth-order valence-electron chi connectivity index (χ4n) is 2.19. The third-order valence-corrected chi connectivity index (χ3v) is 3.86. The highest BCUT2D eigenvalue weighted by Crippen LogP contribution is 2.39. The van der Waals surface area contributed by atoms with Gasteiger partial charge in [0.1, 0.15) is 0 Å². The zero-order valence-corrected chi connectivity index (χ0v) is 14.5. The van der Waals surface area contributed by atoms with E-state index < -0.39 is 0 Å². The lowest BCUT2D eigenvalue weighted by molar-refractivity contribution is 0.378. The number of hydrogen-bond acceptors (Lipinski definition) is 5. The van der Waals surface area contributed by atoms with E-state index in [0.29, 0.717) is 22.6 Å². The Balaban J connectivity index is 2.03. The molecule has 1 heterocycles. The van der Waals surface area contributed by atoms with Crippen LogP contribution in [0.4, 0.5) is 0 Å². The first kappa shape index (κ1) is 17.0. The van der Waals surface area contributed by atoms with Gasteiger partial charge in [0.15, 0.2) is 27.6 Å². The van der Waals surface area contributed by atoms with E-state index in [-0.39, 0.29) is 21.9 Å². The van der Waals surface area contributed by atoms with Crippen molar-refractivity contribution in [3.05, 3.63) is 64.4 Å². The predicted octanol–water partition coefficient (Wildman–Crippen LogP) is 5.12. The number of rotatable bonds is 4. The summed E-state index contributed by atoms with van der Waals surface area (Å²) in [5.74, 6) is 1.32. The van der Waals surface area contributed by atoms with Gasteiger partial charge in [-0.15, -0.1) is 0 Å². The van der Waals surface area contributed by atoms with Crippen LogP contribution < -0.4 is 9.47 Å². The van der Waals surface area contributed by atoms with Gasteiger partial charge in [0.25, 0.3) is 0 Å². The highest BCUT2D eigenvalue weighted by atomic mass is 35.5. The Labute approximate surface area is 154 Å². The maximum Gasteiger partial charge on any atom is 0.202 e. The number of halogens is 2. The van der Waals surface area contributed by atoms with Gasteiger partial charge in [-0.25, -0.2) is 9.97 Å². The monoisotopic (exact) mass is 371 g/mol. The topological polar surface area (TPSA) is 68.0 Å². The highest BCUT2D eigenvalue weighted by molar-refractivity contribution is 6.35. The van der Waals surface area contributed by atoms with E-state index in [1.807, 2.05) is 6.07 Å². The molecule has 3 aromatic rings. The maximum atomic E-state index is 9.22. The van der Waals surface area contributed by atoms with Gasteiger partial charge in [-0.05, 0) is 24.3 Å². The Hall–Kier alpha value is -2.81. The van der Waals surface area contributed by atoms with Crippen molar-refractivity contribution in [2.24, 2.45) is 0 Å². The summed E-state index contributed by atoms with van der Waals surface area (Å²) in [6.07, 6.45) is 0. The Morgan fingerprint density at radius 3 is 2.16 bits per heavy atom. The largest absolute Gasteiger partial charge is 0.493 e. The van der Waals surface area contributed by atoms with Crippen molar-refractivity contribution in [1.29, 1.82) is 5.26 Å². The van der Waals surface area contributed by atoms with Crippen molar-refractivity contribution in [2.45, 2.75) is 0 Å². The summed E-state index contributed by atoms with van der Waals surface area (Å²) < 4.78 is 11.0. The van der Waals surface area contributed by atoms with Crippen LogP contribution in [-0.2, 0) is 0 Å². The van der Waals surface area contributed by atoms with E-state index in [1.54, 1.807) is 42.5 Å². The summed E-state index contributed by atoms with van der Waals surface area (Å²) in [6, 6.07) is 16.1. The van der Waals surface area contributed by atoms with Gasteiger partial charge in [-0.3, -0.25) is 0 Å². The van der Waals surface area contributed by atoms with Gasteiger partial charge < -0.3 is 9.47 Å². The van der Waals surface area contributed by atoms with Crippen molar-refractivity contribution < 1.29 is 9.47 Å². The minimum atomic E-state index is 0.0358. The molecule has 5 nitrogen and oxygen atoms in total. The zero-order valence-electron chi connectivity index (χ0n) is 13.0. The van der Waals surface area contributed by atoms with Crippen molar-refractivity contribution >= 4 is 23.2 Å². The van der Waals surface area contributed by atoms with Crippen LogP contribution in [0, 0.1) is 11.3 Å². The number of para-hydroxylation sites is 2. The van der Waals surface area contributed by atoms with E-state index in [2.05, 4.69) is 16.0 Å². The van der Waals surface area contributed by atoms with Crippen LogP contribution >= 0.6 is 23.2 Å². The first-order valence-electron chi connectivity index (χ1n) is 7.17. The Bertz CT molecular complexity index is 948. The van der Waals surface area contributed by atoms with E-state index >= 15 is 0 Å². The summed E-state index contributed by atoms with van der Waals surface area (Å²) in [4.78, 5) is 8.43. The van der Waals surface area contributed by atoms with Gasteiger partial charge >= 0.3 is 0 Å². The van der Waals surface area contributed by atoms with Crippen LogP contribution in [0.15, 0.2) is 48.5 Å². The molecule has 0 saturated heterocycles. The van der Waals surface area contributed by atoms with Crippen LogP contribution in [0.25, 0.3) is 11.4 Å². The molecule has 1 aromatic heterocycles. The Morgan fingerprint density at radius 1 is 0.920 bits per heavy atom. The molecule has 0 atom stereocenters. The normalized spacial score (nSPS) is 10.2. The standard InChI is InChI=1S/C18H11Cl2N3O2/c1-24-13-8-4-5-9-14(13)25-15-16(19)22-18(23-17(15)20)12-7-3-2-6-11(12)10-21/h2-9H,1H3. The van der Waals surface area contributed by atoms with Gasteiger partial charge in [-0.1, -0.05) is 47.5 Å². The van der Waals surface area contributed by atoms with E-state index in [1.165, 1.54) is 7.11 Å². The van der Waals surface area contributed by atoms with Crippen LogP contribution in [-0.4, -0.2) is 17.1 Å². The molecule has 25 heavy (non-hydrogen) atoms. The predicted molar refractivity (Wildman–Crippen MR) is 95.3 cm³/mol. The van der Waals surface area contributed by atoms with Crippen LogP contribution in [0.2, 0.25) is 10.3 Å². The molecule has 0 aliphatic heterocycles. The molecule has 3 rings (SSSR count). The molecule has 7 heteroatoms. The first-order valence-corrected chi connectivity index (χ1v) is 7.93. The van der Waals surface area contributed by atoms with Gasteiger partial charge in [0.2, 0.25) is 5.75 Å². The van der Waals surface area contributed by atoms with Gasteiger partial charge in [0.05, 0.1) is 18.7 Å². The van der Waals surface area contributed by atoms with E-state index in [0.717, 1.165) is 0 Å². The fraction of sp³-hybridized carbons (Fsp3) is 0.0556. The van der Waals surface area contributed by atoms with Crippen LogP contribution in [0.1, 0.15) is 5.56 Å². The Morgan fingerprint density at radius 2 is 1.52 bits per heavy atom. The summed E-state index contributed by atoms with van der Waals surface area (Å²) in [7, 11) is 1.53. The summed E-state index contributed by atoms with van der Waals surface area (Å²) in [6.45, 7) is 0. The molecule has 0 fully saturated rings. The van der Waals surface area contributed by atoms with Crippen molar-refractivity contribution in [2.75, 3.05) is 7.11 Å². The van der Waals surface area contributed by atoms with E-state index in [4.69, 9.17) is 32.7 Å². The lowest BCUT2D eigenvalue weighted by atomic mass is 10.1. The SMILES string of the molecule is COc1ccccc1Oc1c(Cl)nc(-c2ccccc2C#N)nc1Cl. The number of methoxy groups -OCH3 is 1. The maximum absolute atomic E-state index is 9.22. The quantitative estimate of drug-likeness (QED) is 0.595. The third-order valence-electron chi connectivity index (χ3n) is 3.35. The fourth-order valence-corrected chi connectivity index (χ4v) is 2.66. The molecule has 0 bridgehead atoms. The van der Waals surface area contributed by atoms with Gasteiger partial charge in [-0.2, -0.15) is 5.26 Å². The molecule has 0 radical (unpaired) electrons. The molecule has 0 aliphatic carbocycles. The second-order valence-corrected chi connectivity index (χ2v) is 5.58. The molecule has 0 saturated carbocycles. The van der Waals surface area contributed by atoms with Gasteiger partial charge in [0, 0.05) is 5.56 Å².